The largest absolute Gasteiger partial charge is 0.507 e. The van der Waals surface area contributed by atoms with Gasteiger partial charge in [-0.25, -0.2) is 0 Å². The third-order valence-corrected chi connectivity index (χ3v) is 6.64. The van der Waals surface area contributed by atoms with Crippen LogP contribution in [0.5, 0.6) is 11.5 Å². The average Bonchev–Trinajstić information content (AvgIpc) is 3.10. The highest BCUT2D eigenvalue weighted by Crippen LogP contribution is 2.43. The number of ketones is 1. The number of benzene rings is 2. The maximum absolute atomic E-state index is 13.3. The van der Waals surface area contributed by atoms with Crippen molar-refractivity contribution in [3.8, 4) is 11.5 Å². The van der Waals surface area contributed by atoms with Crippen LogP contribution in [0.15, 0.2) is 48.0 Å². The van der Waals surface area contributed by atoms with Crippen molar-refractivity contribution in [1.82, 2.24) is 4.90 Å². The lowest BCUT2D eigenvalue weighted by Crippen LogP contribution is -2.40. The van der Waals surface area contributed by atoms with Gasteiger partial charge >= 0.3 is 0 Å². The van der Waals surface area contributed by atoms with Gasteiger partial charge in [0, 0.05) is 11.6 Å². The number of hydrogen-bond acceptors (Lipinski definition) is 5. The second-order valence-corrected chi connectivity index (χ2v) is 8.68. The van der Waals surface area contributed by atoms with Gasteiger partial charge in [-0.2, -0.15) is 0 Å². The highest BCUT2D eigenvalue weighted by molar-refractivity contribution is 6.46. The lowest BCUT2D eigenvalue weighted by Gasteiger charge is -2.35. The van der Waals surface area contributed by atoms with Gasteiger partial charge in [0.1, 0.15) is 17.3 Å². The van der Waals surface area contributed by atoms with Crippen molar-refractivity contribution in [3.05, 3.63) is 64.7 Å². The molecular weight excluding hydrogens is 418 g/mol. The molecule has 0 aromatic heterocycles. The van der Waals surface area contributed by atoms with Crippen LogP contribution in [0.25, 0.3) is 5.76 Å². The molecule has 1 saturated heterocycles. The standard InChI is InChI=1S/C27H31NO5/c1-4-33-20-12-10-18(11-13-20)24-23(25(29)22-15-14-21(32-3)16-17(22)2)26(30)27(31)28(24)19-8-6-5-7-9-19/h10-16,19,24,29H,4-9H2,1-3H3/b25-23-. The van der Waals surface area contributed by atoms with Crippen LogP contribution >= 0.6 is 0 Å². The zero-order valence-electron chi connectivity index (χ0n) is 19.5. The van der Waals surface area contributed by atoms with E-state index in [0.29, 0.717) is 17.9 Å². The van der Waals surface area contributed by atoms with E-state index in [2.05, 4.69) is 0 Å². The van der Waals surface area contributed by atoms with Gasteiger partial charge in [-0.1, -0.05) is 31.4 Å². The number of hydrogen-bond donors (Lipinski definition) is 1. The van der Waals surface area contributed by atoms with Crippen molar-refractivity contribution in [3.63, 3.8) is 0 Å². The fraction of sp³-hybridized carbons (Fsp3) is 0.407. The summed E-state index contributed by atoms with van der Waals surface area (Å²) in [4.78, 5) is 28.3. The van der Waals surface area contributed by atoms with Gasteiger partial charge in [0.25, 0.3) is 11.7 Å². The first-order chi connectivity index (χ1) is 16.0. The van der Waals surface area contributed by atoms with Crippen LogP contribution in [0.3, 0.4) is 0 Å². The minimum atomic E-state index is -0.634. The number of Topliss-reactive ketones (excluding diaryl/α,β-unsaturated/α-hetero) is 1. The second kappa shape index (κ2) is 9.69. The van der Waals surface area contributed by atoms with E-state index in [4.69, 9.17) is 9.47 Å². The van der Waals surface area contributed by atoms with Crippen molar-refractivity contribution in [2.24, 2.45) is 0 Å². The van der Waals surface area contributed by atoms with Gasteiger partial charge in [0.2, 0.25) is 0 Å². The van der Waals surface area contributed by atoms with E-state index < -0.39 is 17.7 Å². The van der Waals surface area contributed by atoms with Crippen LogP contribution < -0.4 is 9.47 Å². The molecule has 0 bridgehead atoms. The molecule has 1 amide bonds. The summed E-state index contributed by atoms with van der Waals surface area (Å²) in [7, 11) is 1.58. The number of methoxy groups -OCH3 is 1. The first-order valence-corrected chi connectivity index (χ1v) is 11.6. The fourth-order valence-corrected chi connectivity index (χ4v) is 5.00. The minimum Gasteiger partial charge on any atom is -0.507 e. The summed E-state index contributed by atoms with van der Waals surface area (Å²) in [6, 6.07) is 12.1. The maximum Gasteiger partial charge on any atom is 0.295 e. The Balaban J connectivity index is 1.85. The zero-order chi connectivity index (χ0) is 23.5. The van der Waals surface area contributed by atoms with E-state index >= 15 is 0 Å². The molecule has 0 radical (unpaired) electrons. The van der Waals surface area contributed by atoms with Crippen LogP contribution in [0, 0.1) is 6.92 Å². The van der Waals surface area contributed by atoms with Gasteiger partial charge in [0.15, 0.2) is 0 Å². The quantitative estimate of drug-likeness (QED) is 0.375. The SMILES string of the molecule is CCOc1ccc(C2/C(=C(/O)c3ccc(OC)cc3C)C(=O)C(=O)N2C2CCCCC2)cc1. The van der Waals surface area contributed by atoms with Crippen molar-refractivity contribution in [2.45, 2.75) is 58.0 Å². The Morgan fingerprint density at radius 1 is 1.03 bits per heavy atom. The van der Waals surface area contributed by atoms with Crippen molar-refractivity contribution >= 4 is 17.4 Å². The molecule has 33 heavy (non-hydrogen) atoms. The first-order valence-electron chi connectivity index (χ1n) is 11.6. The molecule has 2 aromatic rings. The van der Waals surface area contributed by atoms with Crippen molar-refractivity contribution < 1.29 is 24.2 Å². The normalized spacial score (nSPS) is 20.8. The summed E-state index contributed by atoms with van der Waals surface area (Å²) in [6.07, 6.45) is 4.92. The van der Waals surface area contributed by atoms with Crippen LogP contribution in [0.4, 0.5) is 0 Å². The molecule has 0 spiro atoms. The van der Waals surface area contributed by atoms with E-state index in [0.717, 1.165) is 49.0 Å². The van der Waals surface area contributed by atoms with Crippen LogP contribution in [-0.2, 0) is 9.59 Å². The van der Waals surface area contributed by atoms with Crippen LogP contribution in [0.1, 0.15) is 61.8 Å². The third kappa shape index (κ3) is 4.34. The predicted octanol–water partition coefficient (Wildman–Crippen LogP) is 5.16. The van der Waals surface area contributed by atoms with Gasteiger partial charge in [0.05, 0.1) is 25.3 Å². The molecule has 2 aromatic carbocycles. The molecule has 4 rings (SSSR count). The van der Waals surface area contributed by atoms with Crippen LogP contribution in [-0.4, -0.2) is 41.5 Å². The van der Waals surface area contributed by atoms with E-state index in [9.17, 15) is 14.7 Å². The van der Waals surface area contributed by atoms with Crippen molar-refractivity contribution in [1.29, 1.82) is 0 Å². The Morgan fingerprint density at radius 3 is 2.30 bits per heavy atom. The molecule has 1 saturated carbocycles. The average molecular weight is 450 g/mol. The number of aryl methyl sites for hydroxylation is 1. The summed E-state index contributed by atoms with van der Waals surface area (Å²) in [5.41, 5.74) is 2.22. The van der Waals surface area contributed by atoms with Gasteiger partial charge in [-0.15, -0.1) is 0 Å². The van der Waals surface area contributed by atoms with E-state index in [1.165, 1.54) is 0 Å². The molecular formula is C27H31NO5. The summed E-state index contributed by atoms with van der Waals surface area (Å²) in [5, 5.41) is 11.4. The molecule has 1 aliphatic heterocycles. The van der Waals surface area contributed by atoms with Crippen molar-refractivity contribution in [2.75, 3.05) is 13.7 Å². The Kier molecular flexibility index (Phi) is 6.72. The van der Waals surface area contributed by atoms with E-state index in [1.54, 1.807) is 30.2 Å². The Hall–Kier alpha value is -3.28. The number of rotatable bonds is 6. The number of amides is 1. The molecule has 2 fully saturated rings. The summed E-state index contributed by atoms with van der Waals surface area (Å²) < 4.78 is 10.8. The molecule has 6 heteroatoms. The van der Waals surface area contributed by atoms with Gasteiger partial charge in [-0.3, -0.25) is 9.59 Å². The number of ether oxygens (including phenoxy) is 2. The molecule has 2 aliphatic rings. The first kappa shape index (κ1) is 22.9. The number of likely N-dealkylation sites (tertiary alicyclic amines) is 1. The van der Waals surface area contributed by atoms with Gasteiger partial charge in [-0.05, 0) is 68.1 Å². The number of aliphatic hydroxyl groups excluding tert-OH is 1. The Bertz CT molecular complexity index is 1070. The number of nitrogens with zero attached hydrogens (tertiary/aromatic N) is 1. The second-order valence-electron chi connectivity index (χ2n) is 8.68. The number of carbonyl (C=O) groups is 2. The third-order valence-electron chi connectivity index (χ3n) is 6.64. The predicted molar refractivity (Wildman–Crippen MR) is 126 cm³/mol. The summed E-state index contributed by atoms with van der Waals surface area (Å²) >= 11 is 0. The highest BCUT2D eigenvalue weighted by atomic mass is 16.5. The molecule has 1 atom stereocenters. The highest BCUT2D eigenvalue weighted by Gasteiger charge is 2.48. The van der Waals surface area contributed by atoms with E-state index in [-0.39, 0.29) is 17.4 Å². The monoisotopic (exact) mass is 449 g/mol. The summed E-state index contributed by atoms with van der Waals surface area (Å²) in [5.74, 6) is 0.0722. The lowest BCUT2D eigenvalue weighted by atomic mass is 9.90. The minimum absolute atomic E-state index is 0.0194. The summed E-state index contributed by atoms with van der Waals surface area (Å²) in [6.45, 7) is 4.32. The fourth-order valence-electron chi connectivity index (χ4n) is 5.00. The van der Waals surface area contributed by atoms with E-state index in [1.807, 2.05) is 38.1 Å². The smallest absolute Gasteiger partial charge is 0.295 e. The number of carbonyl (C=O) groups excluding carboxylic acids is 2. The number of aliphatic hydroxyl groups is 1. The Labute approximate surface area is 194 Å². The molecule has 1 N–H and O–H groups in total. The molecule has 6 nitrogen and oxygen atoms in total. The molecule has 1 heterocycles. The van der Waals surface area contributed by atoms with Crippen LogP contribution in [0.2, 0.25) is 0 Å². The molecule has 174 valence electrons. The molecule has 1 aliphatic carbocycles. The lowest BCUT2D eigenvalue weighted by molar-refractivity contribution is -0.141. The maximum atomic E-state index is 13.3. The Morgan fingerprint density at radius 2 is 1.70 bits per heavy atom. The zero-order valence-corrected chi connectivity index (χ0v) is 19.5. The van der Waals surface area contributed by atoms with Gasteiger partial charge < -0.3 is 19.5 Å². The topological polar surface area (TPSA) is 76.1 Å². The molecule has 1 unspecified atom stereocenters.